The van der Waals surface area contributed by atoms with E-state index in [1.54, 1.807) is 27.7 Å². The van der Waals surface area contributed by atoms with Gasteiger partial charge in [0.05, 0.1) is 5.56 Å². The maximum Gasteiger partial charge on any atom is 0.235 e. The molecule has 0 saturated carbocycles. The van der Waals surface area contributed by atoms with E-state index in [1.165, 1.54) is 26.3 Å². The van der Waals surface area contributed by atoms with Crippen LogP contribution in [-0.2, 0) is 0 Å². The molecule has 0 amide bonds. The molecule has 0 fully saturated rings. The highest BCUT2D eigenvalue weighted by Gasteiger charge is 2.34. The molecule has 0 aromatic heterocycles. The summed E-state index contributed by atoms with van der Waals surface area (Å²) < 4.78 is 0. The second-order valence-electron chi connectivity index (χ2n) is 13.7. The van der Waals surface area contributed by atoms with Gasteiger partial charge in [0.25, 0.3) is 0 Å². The molecule has 4 N–H and O–H groups in total. The third kappa shape index (κ3) is 6.43. The van der Waals surface area contributed by atoms with Gasteiger partial charge in [-0.2, -0.15) is 0 Å². The summed E-state index contributed by atoms with van der Waals surface area (Å²) in [5, 5.41) is 46.3. The number of aromatic hydroxyl groups is 4. The Balaban J connectivity index is 2.25. The molecule has 0 spiro atoms. The van der Waals surface area contributed by atoms with E-state index in [2.05, 4.69) is 9.98 Å². The molecule has 10 heteroatoms. The molecule has 0 bridgehead atoms. The lowest BCUT2D eigenvalue weighted by Crippen LogP contribution is -2.38. The minimum atomic E-state index is -0.947. The van der Waals surface area contributed by atoms with Gasteiger partial charge in [0, 0.05) is 86.4 Å². The van der Waals surface area contributed by atoms with Gasteiger partial charge in [-0.25, -0.2) is 0 Å². The van der Waals surface area contributed by atoms with Gasteiger partial charge in [-0.05, 0) is 38.5 Å². The number of unbranched alkanes of at least 4 members (excludes halogenated alkanes) is 4. The summed E-state index contributed by atoms with van der Waals surface area (Å²) in [6.45, 7) is 14.5. The standard InChI is InChI=1S/C40H48N2O8/c1-9-11-13-15-41-17-23-29-31(25(19(3)4)39(49)35(23)45)33(43)21(7)27(37(29)47)28-22(8)34(44)32-26(20(5)6)40(50)36(46)24(30(32)38(28)48)18-42-16-14-12-10-2/h17-20,43,45,47,49H,9-16H2,1-8H3. The molecule has 10 nitrogen and oxygen atoms in total. The number of phenols is 4. The summed E-state index contributed by atoms with van der Waals surface area (Å²) in [4.78, 5) is 64.7. The Morgan fingerprint density at radius 3 is 1.58 bits per heavy atom. The van der Waals surface area contributed by atoms with Gasteiger partial charge < -0.3 is 20.4 Å². The van der Waals surface area contributed by atoms with Crippen molar-refractivity contribution in [2.45, 2.75) is 106 Å². The molecule has 4 rings (SSSR count). The van der Waals surface area contributed by atoms with Crippen molar-refractivity contribution in [1.82, 2.24) is 0 Å². The number of rotatable bonds is 13. The molecule has 2 aliphatic rings. The fourth-order valence-electron chi connectivity index (χ4n) is 6.86. The zero-order chi connectivity index (χ0) is 37.2. The maximum atomic E-state index is 14.8. The van der Waals surface area contributed by atoms with Gasteiger partial charge in [0.1, 0.15) is 11.5 Å². The molecule has 0 saturated heterocycles. The summed E-state index contributed by atoms with van der Waals surface area (Å²) >= 11 is 0. The Morgan fingerprint density at radius 1 is 0.520 bits per heavy atom. The monoisotopic (exact) mass is 684 g/mol. The quantitative estimate of drug-likeness (QED) is 0.0390. The number of nitrogens with zero attached hydrogens (tertiary/aromatic N) is 2. The van der Waals surface area contributed by atoms with Crippen molar-refractivity contribution in [3.05, 3.63) is 74.3 Å². The van der Waals surface area contributed by atoms with Crippen molar-refractivity contribution in [3.63, 3.8) is 0 Å². The average molecular weight is 685 g/mol. The van der Waals surface area contributed by atoms with Crippen LogP contribution < -0.4 is 21.7 Å². The van der Waals surface area contributed by atoms with Crippen LogP contribution >= 0.6 is 0 Å². The minimum Gasteiger partial charge on any atom is -0.507 e. The van der Waals surface area contributed by atoms with Crippen molar-refractivity contribution < 1.29 is 20.4 Å². The van der Waals surface area contributed by atoms with Crippen LogP contribution in [0.1, 0.15) is 125 Å². The first-order chi connectivity index (χ1) is 23.6. The van der Waals surface area contributed by atoms with Crippen molar-refractivity contribution in [2.24, 2.45) is 9.98 Å². The summed E-state index contributed by atoms with van der Waals surface area (Å²) in [6.07, 6.45) is 7.72. The van der Waals surface area contributed by atoms with E-state index in [0.29, 0.717) is 13.1 Å². The van der Waals surface area contributed by atoms with E-state index < -0.39 is 50.8 Å². The van der Waals surface area contributed by atoms with Gasteiger partial charge in [0.2, 0.25) is 10.9 Å². The van der Waals surface area contributed by atoms with E-state index in [0.717, 1.165) is 38.5 Å². The fraction of sp³-hybridized carbons (Fsp3) is 0.450. The lowest BCUT2D eigenvalue weighted by Gasteiger charge is -2.23. The number of benzene rings is 4. The molecule has 2 aromatic carbocycles. The van der Waals surface area contributed by atoms with Gasteiger partial charge in [-0.1, -0.05) is 67.2 Å². The van der Waals surface area contributed by atoms with Crippen LogP contribution in [0.5, 0.6) is 23.0 Å². The highest BCUT2D eigenvalue weighted by atomic mass is 16.3. The third-order valence-corrected chi connectivity index (χ3v) is 9.47. The summed E-state index contributed by atoms with van der Waals surface area (Å²) in [5.41, 5.74) is -4.42. The zero-order valence-corrected chi connectivity index (χ0v) is 30.3. The predicted octanol–water partition coefficient (Wildman–Crippen LogP) is 6.83. The summed E-state index contributed by atoms with van der Waals surface area (Å²) in [6, 6.07) is 0. The van der Waals surface area contributed by atoms with E-state index in [4.69, 9.17) is 0 Å². The Bertz CT molecular complexity index is 2190. The highest BCUT2D eigenvalue weighted by molar-refractivity contribution is 6.14. The topological polar surface area (TPSA) is 174 Å². The molecule has 2 aromatic rings. The van der Waals surface area contributed by atoms with Crippen LogP contribution in [0.4, 0.5) is 0 Å². The fourth-order valence-corrected chi connectivity index (χ4v) is 6.86. The molecule has 266 valence electrons. The van der Waals surface area contributed by atoms with E-state index in [1.807, 2.05) is 13.8 Å². The largest absolute Gasteiger partial charge is 0.507 e. The van der Waals surface area contributed by atoms with Crippen LogP contribution in [0.3, 0.4) is 0 Å². The number of hydrogen-bond donors (Lipinski definition) is 4. The molecule has 0 aliphatic heterocycles. The normalized spacial score (nSPS) is 12.3. The van der Waals surface area contributed by atoms with Crippen LogP contribution in [0.2, 0.25) is 0 Å². The van der Waals surface area contributed by atoms with E-state index in [-0.39, 0.29) is 72.2 Å². The Labute approximate surface area is 291 Å². The lowest BCUT2D eigenvalue weighted by atomic mass is 9.80. The molecule has 0 atom stereocenters. The SMILES string of the molecule is CCCCCN=Cc1c2c(=O)c(-c3c(C)c(O)c4c(C(C)C)c(O)c(O)c(C=NCCCCC)c4c3O)c(C)c(=O)c-2c(C(C)C)c(=O)c1=O. The number of fused-ring (bicyclic) bond motifs is 2. The van der Waals surface area contributed by atoms with Gasteiger partial charge in [0.15, 0.2) is 22.4 Å². The molecular weight excluding hydrogens is 636 g/mol. The predicted molar refractivity (Wildman–Crippen MR) is 202 cm³/mol. The molecule has 50 heavy (non-hydrogen) atoms. The molecule has 2 aliphatic carbocycles. The lowest BCUT2D eigenvalue weighted by molar-refractivity contribution is 0.397. The zero-order valence-electron chi connectivity index (χ0n) is 30.3. The van der Waals surface area contributed by atoms with Crippen molar-refractivity contribution in [3.8, 4) is 45.3 Å². The minimum absolute atomic E-state index is 0.0356. The molecule has 0 unspecified atom stereocenters. The molecular formula is C40H48N2O8. The van der Waals surface area contributed by atoms with E-state index >= 15 is 0 Å². The van der Waals surface area contributed by atoms with Crippen molar-refractivity contribution in [2.75, 3.05) is 13.1 Å². The summed E-state index contributed by atoms with van der Waals surface area (Å²) in [7, 11) is 0. The highest BCUT2D eigenvalue weighted by Crippen LogP contribution is 2.53. The van der Waals surface area contributed by atoms with Crippen LogP contribution in [-0.4, -0.2) is 45.9 Å². The third-order valence-electron chi connectivity index (χ3n) is 9.47. The molecule has 0 radical (unpaired) electrons. The number of aliphatic imine (C=N–C) groups is 2. The van der Waals surface area contributed by atoms with Gasteiger partial charge in [-0.3, -0.25) is 29.2 Å². The second-order valence-corrected chi connectivity index (χ2v) is 13.7. The number of hydrogen-bond acceptors (Lipinski definition) is 10. The maximum absolute atomic E-state index is 14.8. The first-order valence-corrected chi connectivity index (χ1v) is 17.5. The number of phenolic OH excluding ortho intramolecular Hbond substituents is 4. The smallest absolute Gasteiger partial charge is 0.235 e. The second kappa shape index (κ2) is 15.4. The Morgan fingerprint density at radius 2 is 1.06 bits per heavy atom. The van der Waals surface area contributed by atoms with E-state index in [9.17, 15) is 39.6 Å². The molecule has 0 heterocycles. The Kier molecular flexibility index (Phi) is 11.7. The average Bonchev–Trinajstić information content (AvgIpc) is 3.06. The Hall–Kier alpha value is -4.86. The summed E-state index contributed by atoms with van der Waals surface area (Å²) in [5.74, 6) is -2.92. The van der Waals surface area contributed by atoms with Crippen LogP contribution in [0.15, 0.2) is 29.2 Å². The van der Waals surface area contributed by atoms with Gasteiger partial charge in [-0.15, -0.1) is 0 Å². The van der Waals surface area contributed by atoms with Crippen molar-refractivity contribution in [1.29, 1.82) is 0 Å². The first-order valence-electron chi connectivity index (χ1n) is 17.5. The first kappa shape index (κ1) is 38.0. The van der Waals surface area contributed by atoms with Crippen molar-refractivity contribution >= 4 is 23.2 Å². The van der Waals surface area contributed by atoms with Crippen LogP contribution in [0.25, 0.3) is 33.0 Å². The van der Waals surface area contributed by atoms with Crippen LogP contribution in [0, 0.1) is 13.8 Å². The van der Waals surface area contributed by atoms with Gasteiger partial charge >= 0.3 is 0 Å².